The van der Waals surface area contributed by atoms with Crippen molar-refractivity contribution in [1.82, 2.24) is 19.9 Å². The Morgan fingerprint density at radius 2 is 0.667 bits per heavy atom. The summed E-state index contributed by atoms with van der Waals surface area (Å²) in [6.07, 6.45) is 7.32. The molecule has 0 atom stereocenters. The van der Waals surface area contributed by atoms with Gasteiger partial charge in [0.15, 0.2) is 22.1 Å². The number of rotatable bonds is 7. The minimum Gasteiger partial charge on any atom is -0.232 e. The van der Waals surface area contributed by atoms with Gasteiger partial charge in [-0.05, 0) is 247 Å². The molecule has 0 N–H and O–H groups in total. The largest absolute Gasteiger partial charge is 0.287 e. The molecule has 0 aliphatic heterocycles. The van der Waals surface area contributed by atoms with E-state index in [4.69, 9.17) is 0 Å². The number of aryl methyl sites for hydroxylation is 13. The molecule has 4 aromatic heterocycles. The summed E-state index contributed by atoms with van der Waals surface area (Å²) < 4.78 is 63.3. The summed E-state index contributed by atoms with van der Waals surface area (Å²) in [5, 5.41) is 4.40. The number of fused-ring (bicyclic) bond motifs is 4. The second-order valence-corrected chi connectivity index (χ2v) is 25.3. The van der Waals surface area contributed by atoms with Crippen molar-refractivity contribution in [1.29, 1.82) is 0 Å². The van der Waals surface area contributed by atoms with Crippen LogP contribution >= 0.6 is 0 Å². The topological polar surface area (TPSA) is 67.1 Å². The van der Waals surface area contributed by atoms with Crippen molar-refractivity contribution in [2.24, 2.45) is 28.2 Å². The van der Waals surface area contributed by atoms with Crippen LogP contribution in [0, 0.1) is 85.6 Å². The van der Waals surface area contributed by atoms with E-state index in [1.54, 1.807) is 52.0 Å². The fourth-order valence-corrected chi connectivity index (χ4v) is 11.8. The lowest BCUT2D eigenvalue weighted by Crippen LogP contribution is -2.32. The van der Waals surface area contributed by atoms with Crippen LogP contribution in [0.4, 0.5) is 17.6 Å². The maximum atomic E-state index is 13.8. The van der Waals surface area contributed by atoms with Crippen LogP contribution in [-0.2, 0) is 28.2 Å². The average Bonchev–Trinajstić information content (AvgIpc) is 0.803. The molecule has 0 spiro atoms. The molecule has 0 fully saturated rings. The number of hydrogen-bond donors (Lipinski definition) is 0. The first-order valence-electron chi connectivity index (χ1n) is 30.8. The third-order valence-corrected chi connectivity index (χ3v) is 17.2. The molecule has 12 aromatic rings. The lowest BCUT2D eigenvalue weighted by molar-refractivity contribution is -0.662. The zero-order valence-electron chi connectivity index (χ0n) is 55.7. The van der Waals surface area contributed by atoms with Gasteiger partial charge in [-0.25, -0.2) is 35.8 Å². The highest BCUT2D eigenvalue weighted by atomic mass is 19.1. The molecule has 0 bridgehead atoms. The van der Waals surface area contributed by atoms with Crippen LogP contribution in [0.5, 0.6) is 0 Å². The van der Waals surface area contributed by atoms with Crippen LogP contribution in [0.2, 0.25) is 0 Å². The molecule has 12 heteroatoms. The van der Waals surface area contributed by atoms with E-state index in [1.807, 2.05) is 130 Å². The van der Waals surface area contributed by atoms with Crippen molar-refractivity contribution in [2.45, 2.75) is 122 Å². The van der Waals surface area contributed by atoms with Crippen LogP contribution in [0.1, 0.15) is 126 Å². The number of para-hydroxylation sites is 1. The smallest absolute Gasteiger partial charge is 0.232 e. The molecule has 0 saturated carbocycles. The Hall–Kier alpha value is -9.16. The van der Waals surface area contributed by atoms with Crippen molar-refractivity contribution in [3.63, 3.8) is 0 Å². The Morgan fingerprint density at radius 3 is 1.09 bits per heavy atom. The molecule has 0 amide bonds. The van der Waals surface area contributed by atoms with Gasteiger partial charge in [-0.1, -0.05) is 77.4 Å². The molecular weight excluding hydrogens is 1120 g/mol. The van der Waals surface area contributed by atoms with Gasteiger partial charge in [0.2, 0.25) is 0 Å². The van der Waals surface area contributed by atoms with Crippen LogP contribution in [0.15, 0.2) is 147 Å². The standard InChI is InChI=1S/3C20H22FN2.C18H18FN2/c1-12(2)15-6-7-19-17(10-15)20(23(5)11-22-19)16-8-14(4)18(21)9-13(16)3;1-12(2)15-6-7-16-19(10-15)22-11-23(5)20(16)17-8-14(4)18(21)9-13(17)3;1-12(2)15-7-6-8-16-19(15)22-11-23(5)20(16)17-9-14(4)18(21)10-13(17)3;1-11-5-6-17-15(7-11)18(21(4)10-20-17)14-8-13(3)16(19)9-12(14)2/h3*6-12H,1-5H3;5-10H,1-4H3/q4*+1. The van der Waals surface area contributed by atoms with Gasteiger partial charge < -0.3 is 0 Å². The van der Waals surface area contributed by atoms with E-state index in [9.17, 15) is 17.6 Å². The van der Waals surface area contributed by atoms with Gasteiger partial charge >= 0.3 is 0 Å². The SMILES string of the molecule is Cc1cc(-c2c3cc(C(C)C)ccc3nc[n+]2C)c(C)cc1F.Cc1cc(-c2c3ccc(C(C)C)cc3nc[n+]2C)c(C)cc1F.Cc1cc(-c2c3cccc(C(C)C)c3nc[n+]2C)c(C)cc1F.Cc1ccc2nc[n+](C)c(-c3cc(C)c(F)cc3C)c2c1. The van der Waals surface area contributed by atoms with E-state index in [0.29, 0.717) is 40.0 Å². The average molecular weight is 1210 g/mol. The molecule has 0 aliphatic rings. The van der Waals surface area contributed by atoms with E-state index in [-0.39, 0.29) is 23.3 Å². The Bertz CT molecular complexity index is 4660. The zero-order valence-corrected chi connectivity index (χ0v) is 55.7. The number of nitrogens with zero attached hydrogens (tertiary/aromatic N) is 8. The molecule has 0 saturated heterocycles. The Balaban J connectivity index is 0.000000142. The van der Waals surface area contributed by atoms with Crippen molar-refractivity contribution in [2.75, 3.05) is 0 Å². The van der Waals surface area contributed by atoms with E-state index in [0.717, 1.165) is 111 Å². The Labute approximate surface area is 528 Å². The minimum absolute atomic E-state index is 0.157. The lowest BCUT2D eigenvalue weighted by atomic mass is 9.95. The van der Waals surface area contributed by atoms with Crippen molar-refractivity contribution >= 4 is 43.6 Å². The highest BCUT2D eigenvalue weighted by molar-refractivity contribution is 5.95. The van der Waals surface area contributed by atoms with Crippen molar-refractivity contribution in [3.05, 3.63) is 237 Å². The fraction of sp³-hybridized carbons (Fsp3) is 0.282. The summed E-state index contributed by atoms with van der Waals surface area (Å²) in [6, 6.07) is 39.5. The molecule has 8 nitrogen and oxygen atoms in total. The van der Waals surface area contributed by atoms with Crippen LogP contribution in [0.25, 0.3) is 88.6 Å². The Morgan fingerprint density at radius 1 is 0.311 bits per heavy atom. The van der Waals surface area contributed by atoms with Gasteiger partial charge in [-0.15, -0.1) is 0 Å². The number of halogens is 4. The van der Waals surface area contributed by atoms with Gasteiger partial charge in [0, 0.05) is 27.8 Å². The van der Waals surface area contributed by atoms with E-state index in [2.05, 4.69) is 135 Å². The lowest BCUT2D eigenvalue weighted by Gasteiger charge is -2.12. The molecule has 0 unspecified atom stereocenters. The highest BCUT2D eigenvalue weighted by Crippen LogP contribution is 2.36. The van der Waals surface area contributed by atoms with E-state index in [1.165, 1.54) is 22.3 Å². The predicted molar refractivity (Wildman–Crippen MR) is 358 cm³/mol. The molecule has 0 radical (unpaired) electrons. The number of hydrogen-bond acceptors (Lipinski definition) is 4. The summed E-state index contributed by atoms with van der Waals surface area (Å²) in [6.45, 7) is 30.2. The first-order chi connectivity index (χ1) is 42.6. The monoisotopic (exact) mass is 1210 g/mol. The number of benzene rings is 8. The molecule has 12 rings (SSSR count). The normalized spacial score (nSPS) is 11.4. The maximum absolute atomic E-state index is 13.8. The molecule has 4 heterocycles. The predicted octanol–water partition coefficient (Wildman–Crippen LogP) is 17.6. The second-order valence-electron chi connectivity index (χ2n) is 25.3. The fourth-order valence-electron chi connectivity index (χ4n) is 11.8. The first-order valence-corrected chi connectivity index (χ1v) is 30.8. The van der Waals surface area contributed by atoms with Gasteiger partial charge in [-0.3, -0.25) is 0 Å². The van der Waals surface area contributed by atoms with E-state index >= 15 is 0 Å². The van der Waals surface area contributed by atoms with Gasteiger partial charge in [0.25, 0.3) is 25.3 Å². The van der Waals surface area contributed by atoms with Crippen molar-refractivity contribution < 1.29 is 35.8 Å². The van der Waals surface area contributed by atoms with Gasteiger partial charge in [-0.2, -0.15) is 0 Å². The molecule has 0 aliphatic carbocycles. The summed E-state index contributed by atoms with van der Waals surface area (Å²) in [4.78, 5) is 18.2. The summed E-state index contributed by atoms with van der Waals surface area (Å²) >= 11 is 0. The molecule has 8 aromatic carbocycles. The molecule has 460 valence electrons. The van der Waals surface area contributed by atoms with Crippen LogP contribution in [0.3, 0.4) is 0 Å². The van der Waals surface area contributed by atoms with E-state index < -0.39 is 0 Å². The Kier molecular flexibility index (Phi) is 19.5. The third kappa shape index (κ3) is 13.5. The second kappa shape index (κ2) is 26.9. The molecule has 90 heavy (non-hydrogen) atoms. The summed E-state index contributed by atoms with van der Waals surface area (Å²) in [5.74, 6) is 0.693. The number of aromatic nitrogens is 8. The third-order valence-electron chi connectivity index (χ3n) is 17.2. The maximum Gasteiger partial charge on any atom is 0.287 e. The summed E-state index contributed by atoms with van der Waals surface area (Å²) in [7, 11) is 7.93. The van der Waals surface area contributed by atoms with Crippen LogP contribution < -0.4 is 18.3 Å². The molecular formula is C78H84F4N8+4. The van der Waals surface area contributed by atoms with Gasteiger partial charge in [0.1, 0.15) is 46.0 Å². The van der Waals surface area contributed by atoms with Crippen LogP contribution in [-0.4, -0.2) is 19.9 Å². The quantitative estimate of drug-likeness (QED) is 0.118. The highest BCUT2D eigenvalue weighted by Gasteiger charge is 2.24. The summed E-state index contributed by atoms with van der Waals surface area (Å²) in [5.41, 5.74) is 23.8. The van der Waals surface area contributed by atoms with Gasteiger partial charge in [0.05, 0.1) is 49.7 Å². The first kappa shape index (κ1) is 65.3. The van der Waals surface area contributed by atoms with Crippen molar-refractivity contribution in [3.8, 4) is 45.0 Å². The zero-order chi connectivity index (χ0) is 65.3. The minimum atomic E-state index is -0.159.